The topological polar surface area (TPSA) is 95.5 Å². The molecule has 0 aromatic heterocycles. The Morgan fingerprint density at radius 3 is 2.24 bits per heavy atom. The number of benzene rings is 2. The number of anilines is 1. The first-order valence-electron chi connectivity index (χ1n) is 9.51. The van der Waals surface area contributed by atoms with Crippen LogP contribution in [0.4, 0.5) is 5.69 Å². The Balaban J connectivity index is 1.81. The molecule has 3 N–H and O–H groups in total. The first kappa shape index (κ1) is 21.9. The molecule has 0 aliphatic rings. The Kier molecular flexibility index (Phi) is 8.15. The van der Waals surface area contributed by atoms with Gasteiger partial charge in [-0.3, -0.25) is 14.4 Å². The molecule has 0 spiro atoms. The lowest BCUT2D eigenvalue weighted by molar-refractivity contribution is -0.136. The lowest BCUT2D eigenvalue weighted by atomic mass is 10.0. The van der Waals surface area contributed by atoms with Crippen molar-refractivity contribution < 1.29 is 19.5 Å². The molecular weight excluding hydrogens is 368 g/mol. The van der Waals surface area contributed by atoms with Crippen LogP contribution in [0.3, 0.4) is 0 Å². The molecule has 0 unspecified atom stereocenters. The zero-order valence-electron chi connectivity index (χ0n) is 16.6. The molecule has 0 atom stereocenters. The molecule has 0 fully saturated rings. The van der Waals surface area contributed by atoms with Gasteiger partial charge in [0.2, 0.25) is 5.91 Å². The van der Waals surface area contributed by atoms with Crippen LogP contribution in [0.2, 0.25) is 0 Å². The summed E-state index contributed by atoms with van der Waals surface area (Å²) in [5, 5.41) is 13.9. The third kappa shape index (κ3) is 7.62. The predicted molar refractivity (Wildman–Crippen MR) is 114 cm³/mol. The zero-order chi connectivity index (χ0) is 21.2. The van der Waals surface area contributed by atoms with Crippen molar-refractivity contribution in [2.24, 2.45) is 0 Å². The predicted octanol–water partition coefficient (Wildman–Crippen LogP) is 4.06. The van der Waals surface area contributed by atoms with Crippen LogP contribution in [0.5, 0.6) is 0 Å². The van der Waals surface area contributed by atoms with Gasteiger partial charge in [-0.2, -0.15) is 0 Å². The van der Waals surface area contributed by atoms with E-state index >= 15 is 0 Å². The van der Waals surface area contributed by atoms with Crippen molar-refractivity contribution in [3.05, 3.63) is 71.3 Å². The quantitative estimate of drug-likeness (QED) is 0.598. The third-order valence-electron chi connectivity index (χ3n) is 4.27. The van der Waals surface area contributed by atoms with Crippen LogP contribution in [0.15, 0.2) is 54.6 Å². The number of aliphatic carboxylic acids is 1. The highest BCUT2D eigenvalue weighted by Crippen LogP contribution is 2.15. The van der Waals surface area contributed by atoms with E-state index in [9.17, 15) is 14.4 Å². The summed E-state index contributed by atoms with van der Waals surface area (Å²) in [6, 6.07) is 14.7. The molecule has 0 aliphatic heterocycles. The van der Waals surface area contributed by atoms with E-state index in [1.165, 1.54) is 5.56 Å². The number of carbonyl (C=O) groups is 3. The Morgan fingerprint density at radius 1 is 1.00 bits per heavy atom. The standard InChI is InChI=1S/C23H26N2O4/c1-16(2)18-8-6-17(7-9-18)4-3-5-21(26)25-20-12-10-19(11-13-20)23(29)24-15-14-22(27)28/h3-4,6-13,16H,5,14-15H2,1-2H3,(H,24,29)(H,25,26)(H,27,28)/b4-3+. The van der Waals surface area contributed by atoms with E-state index in [0.717, 1.165) is 5.56 Å². The molecule has 0 radical (unpaired) electrons. The van der Waals surface area contributed by atoms with E-state index in [4.69, 9.17) is 5.11 Å². The fourth-order valence-corrected chi connectivity index (χ4v) is 2.60. The molecule has 2 aromatic carbocycles. The number of hydrogen-bond acceptors (Lipinski definition) is 3. The summed E-state index contributed by atoms with van der Waals surface area (Å²) in [5.74, 6) is -0.986. The van der Waals surface area contributed by atoms with Crippen LogP contribution in [-0.4, -0.2) is 29.4 Å². The van der Waals surface area contributed by atoms with Gasteiger partial charge in [0, 0.05) is 24.2 Å². The van der Waals surface area contributed by atoms with Gasteiger partial charge in [-0.15, -0.1) is 0 Å². The van der Waals surface area contributed by atoms with Crippen molar-refractivity contribution in [2.75, 3.05) is 11.9 Å². The number of rotatable bonds is 9. The summed E-state index contributed by atoms with van der Waals surface area (Å²) in [6.07, 6.45) is 3.83. The van der Waals surface area contributed by atoms with Crippen molar-refractivity contribution in [3.8, 4) is 0 Å². The van der Waals surface area contributed by atoms with Crippen LogP contribution in [0, 0.1) is 0 Å². The summed E-state index contributed by atoms with van der Waals surface area (Å²) < 4.78 is 0. The number of carbonyl (C=O) groups excluding carboxylic acids is 2. The Morgan fingerprint density at radius 2 is 1.66 bits per heavy atom. The van der Waals surface area contributed by atoms with Gasteiger partial charge < -0.3 is 15.7 Å². The molecule has 29 heavy (non-hydrogen) atoms. The summed E-state index contributed by atoms with van der Waals surface area (Å²) >= 11 is 0. The van der Waals surface area contributed by atoms with Crippen molar-refractivity contribution in [2.45, 2.75) is 32.6 Å². The molecule has 152 valence electrons. The van der Waals surface area contributed by atoms with Crippen LogP contribution in [0.1, 0.15) is 54.1 Å². The van der Waals surface area contributed by atoms with E-state index in [0.29, 0.717) is 17.2 Å². The first-order valence-corrected chi connectivity index (χ1v) is 9.51. The molecule has 2 amide bonds. The van der Waals surface area contributed by atoms with Crippen LogP contribution < -0.4 is 10.6 Å². The monoisotopic (exact) mass is 394 g/mol. The van der Waals surface area contributed by atoms with Crippen molar-refractivity contribution in [1.82, 2.24) is 5.32 Å². The third-order valence-corrected chi connectivity index (χ3v) is 4.27. The Hall–Kier alpha value is -3.41. The normalized spacial score (nSPS) is 10.9. The minimum Gasteiger partial charge on any atom is -0.481 e. The van der Waals surface area contributed by atoms with Gasteiger partial charge in [-0.05, 0) is 41.3 Å². The average molecular weight is 394 g/mol. The van der Waals surface area contributed by atoms with Crippen molar-refractivity contribution in [1.29, 1.82) is 0 Å². The highest BCUT2D eigenvalue weighted by atomic mass is 16.4. The van der Waals surface area contributed by atoms with Gasteiger partial charge in [0.1, 0.15) is 0 Å². The van der Waals surface area contributed by atoms with Gasteiger partial charge >= 0.3 is 5.97 Å². The molecule has 2 rings (SSSR count). The largest absolute Gasteiger partial charge is 0.481 e. The van der Waals surface area contributed by atoms with E-state index in [2.05, 4.69) is 36.6 Å². The maximum Gasteiger partial charge on any atom is 0.305 e. The van der Waals surface area contributed by atoms with Gasteiger partial charge in [-0.1, -0.05) is 50.3 Å². The molecule has 0 saturated heterocycles. The van der Waals surface area contributed by atoms with Crippen molar-refractivity contribution in [3.63, 3.8) is 0 Å². The minimum atomic E-state index is -0.968. The van der Waals surface area contributed by atoms with Crippen LogP contribution >= 0.6 is 0 Å². The first-order chi connectivity index (χ1) is 13.8. The molecule has 6 nitrogen and oxygen atoms in total. The summed E-state index contributed by atoms with van der Waals surface area (Å²) in [5.41, 5.74) is 3.31. The van der Waals surface area contributed by atoms with E-state index in [1.54, 1.807) is 24.3 Å². The van der Waals surface area contributed by atoms with E-state index in [-0.39, 0.29) is 31.2 Å². The summed E-state index contributed by atoms with van der Waals surface area (Å²) in [7, 11) is 0. The Bertz CT molecular complexity index is 869. The second kappa shape index (κ2) is 10.8. The second-order valence-corrected chi connectivity index (χ2v) is 6.95. The average Bonchev–Trinajstić information content (AvgIpc) is 2.68. The molecule has 2 aromatic rings. The highest BCUT2D eigenvalue weighted by Gasteiger charge is 2.07. The fourth-order valence-electron chi connectivity index (χ4n) is 2.60. The zero-order valence-corrected chi connectivity index (χ0v) is 16.6. The molecule has 0 saturated carbocycles. The summed E-state index contributed by atoms with van der Waals surface area (Å²) in [4.78, 5) is 34.4. The number of carboxylic acids is 1. The number of hydrogen-bond donors (Lipinski definition) is 3. The molecule has 0 bridgehead atoms. The maximum atomic E-state index is 12.1. The molecule has 0 aliphatic carbocycles. The van der Waals surface area contributed by atoms with Gasteiger partial charge in [0.25, 0.3) is 5.91 Å². The van der Waals surface area contributed by atoms with E-state index in [1.807, 2.05) is 24.3 Å². The van der Waals surface area contributed by atoms with Crippen LogP contribution in [0.25, 0.3) is 6.08 Å². The molecular formula is C23H26N2O4. The molecule has 0 heterocycles. The lowest BCUT2D eigenvalue weighted by Crippen LogP contribution is -2.25. The maximum absolute atomic E-state index is 12.1. The number of amides is 2. The molecule has 6 heteroatoms. The summed E-state index contributed by atoms with van der Waals surface area (Å²) in [6.45, 7) is 4.36. The smallest absolute Gasteiger partial charge is 0.305 e. The Labute approximate surface area is 170 Å². The number of carboxylic acid groups (broad SMARTS) is 1. The number of nitrogens with one attached hydrogen (secondary N) is 2. The van der Waals surface area contributed by atoms with Crippen molar-refractivity contribution >= 4 is 29.5 Å². The minimum absolute atomic E-state index is 0.0686. The van der Waals surface area contributed by atoms with E-state index < -0.39 is 5.97 Å². The second-order valence-electron chi connectivity index (χ2n) is 6.95. The van der Waals surface area contributed by atoms with Gasteiger partial charge in [0.15, 0.2) is 0 Å². The van der Waals surface area contributed by atoms with Crippen LogP contribution in [-0.2, 0) is 9.59 Å². The lowest BCUT2D eigenvalue weighted by Gasteiger charge is -2.06. The fraction of sp³-hybridized carbons (Fsp3) is 0.261. The highest BCUT2D eigenvalue weighted by molar-refractivity contribution is 5.96. The van der Waals surface area contributed by atoms with Gasteiger partial charge in [0.05, 0.1) is 6.42 Å². The van der Waals surface area contributed by atoms with Gasteiger partial charge in [-0.25, -0.2) is 0 Å². The SMILES string of the molecule is CC(C)c1ccc(/C=C/CC(=O)Nc2ccc(C(=O)NCCC(=O)O)cc2)cc1.